The average Bonchev–Trinajstić information content (AvgIpc) is 3.19. The minimum atomic E-state index is -0.298. The zero-order chi connectivity index (χ0) is 24.4. The van der Waals surface area contributed by atoms with Gasteiger partial charge in [-0.3, -0.25) is 0 Å². The van der Waals surface area contributed by atoms with Gasteiger partial charge in [0.05, 0.1) is 6.10 Å². The van der Waals surface area contributed by atoms with Gasteiger partial charge in [0, 0.05) is 17.9 Å². The minimum absolute atomic E-state index is 0.0420. The van der Waals surface area contributed by atoms with E-state index in [9.17, 15) is 5.11 Å². The molecule has 0 bridgehead atoms. The highest BCUT2D eigenvalue weighted by Crippen LogP contribution is 2.41. The third kappa shape index (κ3) is 5.27. The second-order valence-electron chi connectivity index (χ2n) is 10.6. The average molecular weight is 445 g/mol. The van der Waals surface area contributed by atoms with E-state index >= 15 is 0 Å². The molecular weight excluding hydrogens is 404 g/mol. The molecule has 0 aliphatic carbocycles. The summed E-state index contributed by atoms with van der Waals surface area (Å²) in [6.07, 6.45) is 3.44. The molecular formula is C31H40O2. The first-order valence-corrected chi connectivity index (χ1v) is 12.3. The fourth-order valence-electron chi connectivity index (χ4n) is 4.97. The van der Waals surface area contributed by atoms with Crippen molar-refractivity contribution in [2.24, 2.45) is 5.41 Å². The predicted octanol–water partition coefficient (Wildman–Crippen LogP) is 8.07. The lowest BCUT2D eigenvalue weighted by molar-refractivity contribution is 0.0560. The molecule has 1 unspecified atom stereocenters. The molecule has 1 heterocycles. The second-order valence-corrected chi connectivity index (χ2v) is 10.6. The maximum absolute atomic E-state index is 10.5. The summed E-state index contributed by atoms with van der Waals surface area (Å²) >= 11 is 0. The maximum Gasteiger partial charge on any atom is 0.134 e. The molecule has 0 saturated heterocycles. The van der Waals surface area contributed by atoms with Crippen LogP contribution in [-0.4, -0.2) is 11.2 Å². The number of aliphatic hydroxyl groups excluding tert-OH is 1. The van der Waals surface area contributed by atoms with Crippen LogP contribution < -0.4 is 0 Å². The fraction of sp³-hybridized carbons (Fsp3) is 0.452. The number of furan rings is 1. The molecule has 0 amide bonds. The van der Waals surface area contributed by atoms with Gasteiger partial charge in [0.1, 0.15) is 11.5 Å². The molecule has 0 fully saturated rings. The number of hydrogen-bond donors (Lipinski definition) is 1. The molecule has 2 aromatic carbocycles. The molecule has 3 aromatic rings. The van der Waals surface area contributed by atoms with E-state index in [0.717, 1.165) is 37.0 Å². The Hall–Kier alpha value is -2.32. The van der Waals surface area contributed by atoms with Gasteiger partial charge in [0.15, 0.2) is 0 Å². The lowest BCUT2D eigenvalue weighted by Gasteiger charge is -2.34. The van der Waals surface area contributed by atoms with Gasteiger partial charge in [0.25, 0.3) is 0 Å². The van der Waals surface area contributed by atoms with E-state index in [1.165, 1.54) is 27.8 Å². The van der Waals surface area contributed by atoms with Crippen molar-refractivity contribution in [1.29, 1.82) is 0 Å². The zero-order valence-electron chi connectivity index (χ0n) is 21.5. The van der Waals surface area contributed by atoms with Gasteiger partial charge in [-0.25, -0.2) is 0 Å². The van der Waals surface area contributed by atoms with Crippen LogP contribution in [0.15, 0.2) is 52.9 Å². The standard InChI is InChI=1S/C31H40O2/c1-9-31(10-2,26-15-16-27(22(4)20-26)28-17-11-23(5)33-28)25-14-12-24(21(3)19-25)13-18-29(32)30(6,7)8/h5,11-12,14-17,19-20,29,32H,9-10,13,18H2,1-4,6-8H3. The Morgan fingerprint density at radius 2 is 1.48 bits per heavy atom. The third-order valence-electron chi connectivity index (χ3n) is 7.46. The van der Waals surface area contributed by atoms with Crippen LogP contribution in [0.5, 0.6) is 0 Å². The van der Waals surface area contributed by atoms with Gasteiger partial charge in [-0.1, -0.05) is 71.0 Å². The summed E-state index contributed by atoms with van der Waals surface area (Å²) in [5, 5.41) is 10.5. The molecule has 176 valence electrons. The van der Waals surface area contributed by atoms with E-state index < -0.39 is 0 Å². The van der Waals surface area contributed by atoms with Crippen molar-refractivity contribution in [2.45, 2.75) is 85.7 Å². The highest BCUT2D eigenvalue weighted by atomic mass is 16.3. The maximum atomic E-state index is 10.5. The molecule has 0 aliphatic rings. The Bertz CT molecular complexity index is 1080. The van der Waals surface area contributed by atoms with E-state index in [1.807, 2.05) is 6.07 Å². The largest absolute Gasteiger partial charge is 0.461 e. The number of aliphatic hydroxyl groups is 1. The lowest BCUT2D eigenvalue weighted by atomic mass is 9.69. The number of aryl methyl sites for hydroxylation is 3. The third-order valence-corrected chi connectivity index (χ3v) is 7.46. The van der Waals surface area contributed by atoms with Crippen LogP contribution in [0.3, 0.4) is 0 Å². The van der Waals surface area contributed by atoms with Gasteiger partial charge >= 0.3 is 0 Å². The Labute approximate surface area is 201 Å². The molecule has 1 atom stereocenters. The Morgan fingerprint density at radius 1 is 0.879 bits per heavy atom. The molecule has 1 aromatic heterocycles. The Balaban J connectivity index is 1.93. The minimum Gasteiger partial charge on any atom is -0.461 e. The molecule has 3 rings (SSSR count). The van der Waals surface area contributed by atoms with Gasteiger partial charge in [-0.15, -0.1) is 0 Å². The fourth-order valence-corrected chi connectivity index (χ4v) is 4.97. The van der Waals surface area contributed by atoms with Crippen molar-refractivity contribution < 1.29 is 9.52 Å². The normalized spacial score (nSPS) is 13.4. The molecule has 0 saturated carbocycles. The summed E-state index contributed by atoms with van der Waals surface area (Å²) in [6.45, 7) is 21.0. The Morgan fingerprint density at radius 3 is 1.97 bits per heavy atom. The summed E-state index contributed by atoms with van der Waals surface area (Å²) in [5.41, 5.74) is 7.48. The van der Waals surface area contributed by atoms with Gasteiger partial charge in [-0.05, 0) is 84.9 Å². The lowest BCUT2D eigenvalue weighted by Crippen LogP contribution is -2.27. The number of hydrogen-bond acceptors (Lipinski definition) is 2. The zero-order valence-corrected chi connectivity index (χ0v) is 21.5. The number of benzene rings is 2. The SMILES string of the molecule is [CH]c1ccc(-c2ccc(C(CC)(CC)c3ccc(CCC(O)C(C)(C)C)c(C)c3)cc2C)o1. The molecule has 2 radical (unpaired) electrons. The van der Waals surface area contributed by atoms with Crippen molar-refractivity contribution >= 4 is 0 Å². The van der Waals surface area contributed by atoms with Crippen molar-refractivity contribution in [3.63, 3.8) is 0 Å². The van der Waals surface area contributed by atoms with E-state index in [0.29, 0.717) is 5.76 Å². The van der Waals surface area contributed by atoms with E-state index in [4.69, 9.17) is 11.3 Å². The van der Waals surface area contributed by atoms with Crippen molar-refractivity contribution in [3.8, 4) is 11.3 Å². The molecule has 0 spiro atoms. The van der Waals surface area contributed by atoms with E-state index in [2.05, 4.69) is 84.9 Å². The smallest absolute Gasteiger partial charge is 0.134 e. The summed E-state index contributed by atoms with van der Waals surface area (Å²) in [5.74, 6) is 1.25. The monoisotopic (exact) mass is 444 g/mol. The number of rotatable bonds is 8. The molecule has 2 nitrogen and oxygen atoms in total. The second kappa shape index (κ2) is 9.89. The Kier molecular flexibility index (Phi) is 7.59. The van der Waals surface area contributed by atoms with E-state index in [1.54, 1.807) is 6.07 Å². The van der Waals surface area contributed by atoms with Gasteiger partial charge < -0.3 is 9.52 Å². The summed E-state index contributed by atoms with van der Waals surface area (Å²) in [6, 6.07) is 17.4. The molecule has 1 N–H and O–H groups in total. The molecule has 0 aliphatic heterocycles. The first-order chi connectivity index (χ1) is 15.5. The molecule has 33 heavy (non-hydrogen) atoms. The van der Waals surface area contributed by atoms with Crippen LogP contribution in [0.25, 0.3) is 11.3 Å². The van der Waals surface area contributed by atoms with Crippen LogP contribution in [0.1, 0.15) is 87.5 Å². The van der Waals surface area contributed by atoms with Crippen LogP contribution in [-0.2, 0) is 11.8 Å². The van der Waals surface area contributed by atoms with Gasteiger partial charge in [-0.2, -0.15) is 0 Å². The van der Waals surface area contributed by atoms with Crippen molar-refractivity contribution in [1.82, 2.24) is 0 Å². The van der Waals surface area contributed by atoms with Crippen LogP contribution in [0.4, 0.5) is 0 Å². The van der Waals surface area contributed by atoms with E-state index in [-0.39, 0.29) is 16.9 Å². The van der Waals surface area contributed by atoms with Gasteiger partial charge in [0.2, 0.25) is 0 Å². The summed E-state index contributed by atoms with van der Waals surface area (Å²) in [4.78, 5) is 0. The highest BCUT2D eigenvalue weighted by molar-refractivity contribution is 5.64. The first kappa shape index (κ1) is 25.3. The highest BCUT2D eigenvalue weighted by Gasteiger charge is 2.31. The first-order valence-electron chi connectivity index (χ1n) is 12.3. The van der Waals surface area contributed by atoms with Crippen LogP contribution in [0, 0.1) is 26.2 Å². The quantitative estimate of drug-likeness (QED) is 0.381. The predicted molar refractivity (Wildman–Crippen MR) is 139 cm³/mol. The van der Waals surface area contributed by atoms with Crippen molar-refractivity contribution in [3.05, 3.63) is 89.0 Å². The van der Waals surface area contributed by atoms with Crippen LogP contribution in [0.2, 0.25) is 0 Å². The molecule has 2 heteroatoms. The van der Waals surface area contributed by atoms with Crippen molar-refractivity contribution in [2.75, 3.05) is 0 Å². The summed E-state index contributed by atoms with van der Waals surface area (Å²) < 4.78 is 5.66. The summed E-state index contributed by atoms with van der Waals surface area (Å²) in [7, 11) is 0. The topological polar surface area (TPSA) is 33.4 Å². The van der Waals surface area contributed by atoms with Crippen LogP contribution >= 0.6 is 0 Å².